The van der Waals surface area contributed by atoms with E-state index in [2.05, 4.69) is 6.92 Å². The number of halogens is 1. The molecule has 1 aromatic carbocycles. The maximum absolute atomic E-state index is 12.0. The highest BCUT2D eigenvalue weighted by Gasteiger charge is 2.29. The van der Waals surface area contributed by atoms with Gasteiger partial charge in [0.05, 0.1) is 13.2 Å². The number of fused-ring (bicyclic) bond motifs is 1. The summed E-state index contributed by atoms with van der Waals surface area (Å²) < 4.78 is 17.0. The van der Waals surface area contributed by atoms with Crippen LogP contribution in [0.2, 0.25) is 0 Å². The van der Waals surface area contributed by atoms with Crippen LogP contribution in [0.1, 0.15) is 44.2 Å². The van der Waals surface area contributed by atoms with Gasteiger partial charge in [-0.05, 0) is 44.2 Å². The summed E-state index contributed by atoms with van der Waals surface area (Å²) in [5.74, 6) is 1.93. The number of rotatable bonds is 8. The molecule has 4 nitrogen and oxygen atoms in total. The average molecular weight is 341 g/mol. The van der Waals surface area contributed by atoms with Gasteiger partial charge in [0.15, 0.2) is 6.10 Å². The molecular weight excluding hydrogens is 316 g/mol. The number of ether oxygens (including phenoxy) is 3. The quantitative estimate of drug-likeness (QED) is 0.409. The molecule has 0 fully saturated rings. The molecule has 0 bridgehead atoms. The fourth-order valence-corrected chi connectivity index (χ4v) is 2.86. The van der Waals surface area contributed by atoms with E-state index in [0.29, 0.717) is 25.5 Å². The monoisotopic (exact) mass is 340 g/mol. The number of hydrogen-bond acceptors (Lipinski definition) is 4. The molecule has 0 spiro atoms. The molecule has 0 saturated heterocycles. The summed E-state index contributed by atoms with van der Waals surface area (Å²) in [7, 11) is 0. The smallest absolute Gasteiger partial charge is 0.347 e. The lowest BCUT2D eigenvalue weighted by Crippen LogP contribution is -2.33. The Kier molecular flexibility index (Phi) is 7.03. The molecule has 0 radical (unpaired) electrons. The van der Waals surface area contributed by atoms with Gasteiger partial charge in [-0.15, -0.1) is 11.6 Å². The zero-order chi connectivity index (χ0) is 16.7. The first-order valence-corrected chi connectivity index (χ1v) is 8.91. The number of aryl methyl sites for hydroxylation is 1. The Morgan fingerprint density at radius 2 is 2.22 bits per heavy atom. The van der Waals surface area contributed by atoms with E-state index in [1.165, 1.54) is 0 Å². The van der Waals surface area contributed by atoms with Crippen LogP contribution in [0.5, 0.6) is 11.5 Å². The van der Waals surface area contributed by atoms with Crippen LogP contribution < -0.4 is 9.47 Å². The minimum atomic E-state index is -0.517. The third-order valence-electron chi connectivity index (χ3n) is 3.82. The Morgan fingerprint density at radius 3 is 2.91 bits per heavy atom. The molecule has 128 valence electrons. The summed E-state index contributed by atoms with van der Waals surface area (Å²) in [5.41, 5.74) is 2.19. The predicted octanol–water partition coefficient (Wildman–Crippen LogP) is 3.90. The highest BCUT2D eigenvalue weighted by atomic mass is 35.5. The second-order valence-corrected chi connectivity index (χ2v) is 5.95. The lowest BCUT2D eigenvalue weighted by Gasteiger charge is -2.27. The van der Waals surface area contributed by atoms with Gasteiger partial charge in [-0.3, -0.25) is 0 Å². The molecule has 0 aromatic heterocycles. The van der Waals surface area contributed by atoms with Gasteiger partial charge in [-0.2, -0.15) is 0 Å². The van der Waals surface area contributed by atoms with Gasteiger partial charge in [-0.25, -0.2) is 4.79 Å². The second kappa shape index (κ2) is 9.02. The molecular formula is C18H25ClO4. The molecule has 1 heterocycles. The minimum absolute atomic E-state index is 0.283. The normalized spacial score (nSPS) is 16.4. The van der Waals surface area contributed by atoms with E-state index < -0.39 is 6.10 Å². The van der Waals surface area contributed by atoms with E-state index in [9.17, 15) is 4.79 Å². The van der Waals surface area contributed by atoms with Gasteiger partial charge in [0, 0.05) is 11.4 Å². The lowest BCUT2D eigenvalue weighted by atomic mass is 9.96. The van der Waals surface area contributed by atoms with Crippen molar-refractivity contribution < 1.29 is 19.0 Å². The summed E-state index contributed by atoms with van der Waals surface area (Å²) in [5, 5.41) is 0. The van der Waals surface area contributed by atoms with E-state index in [1.54, 1.807) is 6.92 Å². The Labute approximate surface area is 143 Å². The summed E-state index contributed by atoms with van der Waals surface area (Å²) in [4.78, 5) is 12.0. The standard InChI is InChI=1S/C18H25ClO4/c1-3-6-14-15(22-12-5-11-19)9-7-13-8-10-16(23-17(13)14)18(20)21-4-2/h7,9,16H,3-6,8,10-12H2,1-2H3. The highest BCUT2D eigenvalue weighted by molar-refractivity contribution is 6.17. The fourth-order valence-electron chi connectivity index (χ4n) is 2.75. The van der Waals surface area contributed by atoms with Gasteiger partial charge in [0.2, 0.25) is 0 Å². The number of benzene rings is 1. The Balaban J connectivity index is 2.23. The lowest BCUT2D eigenvalue weighted by molar-refractivity contribution is -0.152. The van der Waals surface area contributed by atoms with Crippen molar-refractivity contribution in [3.8, 4) is 11.5 Å². The molecule has 2 rings (SSSR count). The first kappa shape index (κ1) is 17.9. The van der Waals surface area contributed by atoms with Crippen molar-refractivity contribution >= 4 is 17.6 Å². The van der Waals surface area contributed by atoms with Crippen molar-refractivity contribution in [3.63, 3.8) is 0 Å². The molecule has 5 heteroatoms. The van der Waals surface area contributed by atoms with Gasteiger partial charge in [0.1, 0.15) is 11.5 Å². The zero-order valence-corrected chi connectivity index (χ0v) is 14.7. The van der Waals surface area contributed by atoms with E-state index in [0.717, 1.165) is 48.3 Å². The van der Waals surface area contributed by atoms with Crippen molar-refractivity contribution in [2.45, 2.75) is 52.1 Å². The van der Waals surface area contributed by atoms with Crippen molar-refractivity contribution in [1.29, 1.82) is 0 Å². The van der Waals surface area contributed by atoms with Gasteiger partial charge < -0.3 is 14.2 Å². The number of carbonyl (C=O) groups excluding carboxylic acids is 1. The summed E-state index contributed by atoms with van der Waals surface area (Å²) >= 11 is 5.71. The topological polar surface area (TPSA) is 44.8 Å². The van der Waals surface area contributed by atoms with Crippen LogP contribution in [-0.4, -0.2) is 31.2 Å². The minimum Gasteiger partial charge on any atom is -0.493 e. The number of esters is 1. The van der Waals surface area contributed by atoms with Crippen LogP contribution in [0.25, 0.3) is 0 Å². The van der Waals surface area contributed by atoms with E-state index in [1.807, 2.05) is 12.1 Å². The molecule has 0 saturated carbocycles. The van der Waals surface area contributed by atoms with Crippen LogP contribution in [-0.2, 0) is 22.4 Å². The molecule has 23 heavy (non-hydrogen) atoms. The van der Waals surface area contributed by atoms with Crippen LogP contribution in [0.4, 0.5) is 0 Å². The fraction of sp³-hybridized carbons (Fsp3) is 0.611. The predicted molar refractivity (Wildman–Crippen MR) is 90.6 cm³/mol. The van der Waals surface area contributed by atoms with Crippen molar-refractivity contribution in [2.75, 3.05) is 19.1 Å². The highest BCUT2D eigenvalue weighted by Crippen LogP contribution is 2.38. The first-order valence-electron chi connectivity index (χ1n) is 8.38. The largest absolute Gasteiger partial charge is 0.493 e. The summed E-state index contributed by atoms with van der Waals surface area (Å²) in [6.45, 7) is 4.88. The third kappa shape index (κ3) is 4.54. The Bertz CT molecular complexity index is 530. The third-order valence-corrected chi connectivity index (χ3v) is 4.09. The van der Waals surface area contributed by atoms with Crippen molar-refractivity contribution in [2.24, 2.45) is 0 Å². The van der Waals surface area contributed by atoms with Crippen LogP contribution in [0.15, 0.2) is 12.1 Å². The second-order valence-electron chi connectivity index (χ2n) is 5.57. The number of carbonyl (C=O) groups is 1. The van der Waals surface area contributed by atoms with Gasteiger partial charge in [-0.1, -0.05) is 19.4 Å². The van der Waals surface area contributed by atoms with Crippen LogP contribution >= 0.6 is 11.6 Å². The van der Waals surface area contributed by atoms with Crippen LogP contribution in [0.3, 0.4) is 0 Å². The van der Waals surface area contributed by atoms with Gasteiger partial charge >= 0.3 is 5.97 Å². The maximum atomic E-state index is 12.0. The number of alkyl halides is 1. The molecule has 0 aliphatic carbocycles. The Hall–Kier alpha value is -1.42. The van der Waals surface area contributed by atoms with Gasteiger partial charge in [0.25, 0.3) is 0 Å². The maximum Gasteiger partial charge on any atom is 0.347 e. The van der Waals surface area contributed by atoms with Crippen LogP contribution in [0, 0.1) is 0 Å². The molecule has 0 N–H and O–H groups in total. The molecule has 1 unspecified atom stereocenters. The SMILES string of the molecule is CCCc1c(OCCCCl)ccc2c1OC(C(=O)OCC)CC2. The molecule has 1 aromatic rings. The molecule has 0 amide bonds. The van der Waals surface area contributed by atoms with Crippen molar-refractivity contribution in [1.82, 2.24) is 0 Å². The summed E-state index contributed by atoms with van der Waals surface area (Å²) in [6, 6.07) is 4.04. The molecule has 1 atom stereocenters. The van der Waals surface area contributed by atoms with E-state index in [-0.39, 0.29) is 5.97 Å². The van der Waals surface area contributed by atoms with Crippen molar-refractivity contribution in [3.05, 3.63) is 23.3 Å². The first-order chi connectivity index (χ1) is 11.2. The van der Waals surface area contributed by atoms with E-state index >= 15 is 0 Å². The summed E-state index contributed by atoms with van der Waals surface area (Å²) in [6.07, 6.45) is 3.60. The number of hydrogen-bond donors (Lipinski definition) is 0. The van der Waals surface area contributed by atoms with E-state index in [4.69, 9.17) is 25.8 Å². The average Bonchev–Trinajstić information content (AvgIpc) is 2.56. The molecule has 1 aliphatic heterocycles. The zero-order valence-electron chi connectivity index (χ0n) is 13.9. The Morgan fingerprint density at radius 1 is 1.39 bits per heavy atom. The molecule has 1 aliphatic rings.